The number of rotatable bonds is 7. The van der Waals surface area contributed by atoms with Crippen LogP contribution in [0.3, 0.4) is 0 Å². The molecule has 3 aromatic rings. The lowest BCUT2D eigenvalue weighted by Crippen LogP contribution is -2.26. The predicted molar refractivity (Wildman–Crippen MR) is 101 cm³/mol. The van der Waals surface area contributed by atoms with Crippen LogP contribution in [0.2, 0.25) is 0 Å². The van der Waals surface area contributed by atoms with Crippen molar-refractivity contribution in [1.82, 2.24) is 15.3 Å². The van der Waals surface area contributed by atoms with Crippen molar-refractivity contribution in [1.29, 1.82) is 0 Å². The van der Waals surface area contributed by atoms with Crippen molar-refractivity contribution >= 4 is 17.4 Å². The molecule has 0 aliphatic rings. The average molecular weight is 348 g/mol. The Morgan fingerprint density at radius 2 is 1.81 bits per heavy atom. The number of carbonyl (C=O) groups excluding carboxylic acids is 1. The second-order valence-electron chi connectivity index (χ2n) is 5.55. The van der Waals surface area contributed by atoms with E-state index in [2.05, 4.69) is 20.6 Å². The molecule has 0 unspecified atom stereocenters. The summed E-state index contributed by atoms with van der Waals surface area (Å²) in [5, 5.41) is 6.08. The summed E-state index contributed by atoms with van der Waals surface area (Å²) in [6, 6.07) is 16.7. The number of amides is 1. The van der Waals surface area contributed by atoms with Gasteiger partial charge in [0, 0.05) is 31.1 Å². The molecular formula is C20H20N4O2. The van der Waals surface area contributed by atoms with E-state index in [0.29, 0.717) is 30.1 Å². The van der Waals surface area contributed by atoms with E-state index in [9.17, 15) is 4.79 Å². The summed E-state index contributed by atoms with van der Waals surface area (Å²) in [7, 11) is 1.60. The van der Waals surface area contributed by atoms with Gasteiger partial charge in [-0.05, 0) is 36.4 Å². The van der Waals surface area contributed by atoms with E-state index < -0.39 is 0 Å². The number of nitrogens with one attached hydrogen (secondary N) is 2. The van der Waals surface area contributed by atoms with Gasteiger partial charge < -0.3 is 15.4 Å². The summed E-state index contributed by atoms with van der Waals surface area (Å²) < 4.78 is 5.33. The maximum absolute atomic E-state index is 12.6. The molecule has 6 heteroatoms. The van der Waals surface area contributed by atoms with Crippen LogP contribution in [0.1, 0.15) is 16.1 Å². The molecule has 0 atom stereocenters. The molecule has 6 nitrogen and oxygen atoms in total. The third kappa shape index (κ3) is 4.36. The number of ether oxygens (including phenoxy) is 1. The molecule has 2 aromatic heterocycles. The fourth-order valence-corrected chi connectivity index (χ4v) is 2.51. The Labute approximate surface area is 152 Å². The Kier molecular flexibility index (Phi) is 5.77. The molecule has 1 amide bonds. The molecular weight excluding hydrogens is 328 g/mol. The maximum atomic E-state index is 12.6. The first kappa shape index (κ1) is 17.4. The Balaban J connectivity index is 1.69. The number of aromatic nitrogens is 2. The average Bonchev–Trinajstić information content (AvgIpc) is 2.69. The van der Waals surface area contributed by atoms with Crippen LogP contribution in [0.15, 0.2) is 67.0 Å². The Morgan fingerprint density at radius 3 is 2.62 bits per heavy atom. The van der Waals surface area contributed by atoms with Crippen molar-refractivity contribution in [3.8, 4) is 5.75 Å². The molecule has 0 fully saturated rings. The molecule has 132 valence electrons. The number of benzene rings is 1. The van der Waals surface area contributed by atoms with Crippen LogP contribution in [0.4, 0.5) is 11.5 Å². The number of hydrogen-bond donors (Lipinski definition) is 2. The van der Waals surface area contributed by atoms with E-state index in [1.165, 1.54) is 0 Å². The lowest BCUT2D eigenvalue weighted by molar-refractivity contribution is 0.0954. The van der Waals surface area contributed by atoms with E-state index in [0.717, 1.165) is 11.4 Å². The van der Waals surface area contributed by atoms with Gasteiger partial charge in [-0.1, -0.05) is 18.2 Å². The summed E-state index contributed by atoms with van der Waals surface area (Å²) >= 11 is 0. The van der Waals surface area contributed by atoms with Crippen LogP contribution < -0.4 is 15.4 Å². The molecule has 0 aliphatic heterocycles. The molecule has 2 heterocycles. The second-order valence-corrected chi connectivity index (χ2v) is 5.55. The molecule has 0 aliphatic carbocycles. The highest BCUT2D eigenvalue weighted by molar-refractivity contribution is 5.99. The summed E-state index contributed by atoms with van der Waals surface area (Å²) in [4.78, 5) is 21.1. The quantitative estimate of drug-likeness (QED) is 0.686. The van der Waals surface area contributed by atoms with Crippen molar-refractivity contribution in [2.24, 2.45) is 0 Å². The Hall–Kier alpha value is -3.41. The standard InChI is InChI=1S/C20H20N4O2/c1-26-18-10-3-2-9-17(18)24-19-16(8-6-13-22-19)20(25)23-14-11-15-7-4-5-12-21-15/h2-10,12-13H,11,14H2,1H3,(H,22,24)(H,23,25). The largest absolute Gasteiger partial charge is 0.495 e. The topological polar surface area (TPSA) is 76.1 Å². The fraction of sp³-hybridized carbons (Fsp3) is 0.150. The number of carbonyl (C=O) groups is 1. The molecule has 0 spiro atoms. The maximum Gasteiger partial charge on any atom is 0.255 e. The van der Waals surface area contributed by atoms with Crippen LogP contribution >= 0.6 is 0 Å². The van der Waals surface area contributed by atoms with E-state index in [4.69, 9.17) is 4.74 Å². The molecule has 0 saturated heterocycles. The first-order valence-electron chi connectivity index (χ1n) is 8.31. The van der Waals surface area contributed by atoms with Crippen LogP contribution in [0, 0.1) is 0 Å². The third-order valence-corrected chi connectivity index (χ3v) is 3.81. The van der Waals surface area contributed by atoms with Gasteiger partial charge in [0.1, 0.15) is 11.6 Å². The summed E-state index contributed by atoms with van der Waals surface area (Å²) in [6.07, 6.45) is 4.05. The van der Waals surface area contributed by atoms with Crippen LogP contribution in [-0.2, 0) is 6.42 Å². The van der Waals surface area contributed by atoms with Gasteiger partial charge in [-0.25, -0.2) is 4.98 Å². The Morgan fingerprint density at radius 1 is 1.00 bits per heavy atom. The van der Waals surface area contributed by atoms with Crippen molar-refractivity contribution in [2.75, 3.05) is 19.0 Å². The number of anilines is 2. The van der Waals surface area contributed by atoms with Gasteiger partial charge in [0.2, 0.25) is 0 Å². The highest BCUT2D eigenvalue weighted by atomic mass is 16.5. The normalized spacial score (nSPS) is 10.2. The van der Waals surface area contributed by atoms with Gasteiger partial charge in [0.15, 0.2) is 0 Å². The van der Waals surface area contributed by atoms with Crippen molar-refractivity contribution < 1.29 is 9.53 Å². The van der Waals surface area contributed by atoms with Crippen LogP contribution in [0.25, 0.3) is 0 Å². The van der Waals surface area contributed by atoms with Gasteiger partial charge in [-0.3, -0.25) is 9.78 Å². The molecule has 0 bridgehead atoms. The monoisotopic (exact) mass is 348 g/mol. The zero-order chi connectivity index (χ0) is 18.2. The minimum atomic E-state index is -0.188. The van der Waals surface area contributed by atoms with E-state index in [1.54, 1.807) is 31.6 Å². The number of methoxy groups -OCH3 is 1. The highest BCUT2D eigenvalue weighted by Crippen LogP contribution is 2.27. The van der Waals surface area contributed by atoms with Crippen molar-refractivity contribution in [2.45, 2.75) is 6.42 Å². The van der Waals surface area contributed by atoms with Crippen LogP contribution in [-0.4, -0.2) is 29.5 Å². The first-order chi connectivity index (χ1) is 12.8. The number of hydrogen-bond acceptors (Lipinski definition) is 5. The molecule has 3 rings (SSSR count). The molecule has 0 saturated carbocycles. The summed E-state index contributed by atoms with van der Waals surface area (Å²) in [5.74, 6) is 0.971. The van der Waals surface area contributed by atoms with Gasteiger partial charge in [0.25, 0.3) is 5.91 Å². The van der Waals surface area contributed by atoms with Crippen LogP contribution in [0.5, 0.6) is 5.75 Å². The lowest BCUT2D eigenvalue weighted by atomic mass is 10.2. The molecule has 26 heavy (non-hydrogen) atoms. The summed E-state index contributed by atoms with van der Waals surface area (Å²) in [6.45, 7) is 0.499. The molecule has 1 aromatic carbocycles. The first-order valence-corrected chi connectivity index (χ1v) is 8.31. The lowest BCUT2D eigenvalue weighted by Gasteiger charge is -2.13. The van der Waals surface area contributed by atoms with E-state index >= 15 is 0 Å². The smallest absolute Gasteiger partial charge is 0.255 e. The Bertz CT molecular complexity index is 868. The second kappa shape index (κ2) is 8.62. The van der Waals surface area contributed by atoms with Gasteiger partial charge in [0.05, 0.1) is 18.4 Å². The molecule has 2 N–H and O–H groups in total. The number of pyridine rings is 2. The minimum absolute atomic E-state index is 0.188. The zero-order valence-electron chi connectivity index (χ0n) is 14.5. The highest BCUT2D eigenvalue weighted by Gasteiger charge is 2.13. The van der Waals surface area contributed by atoms with Gasteiger partial charge in [-0.15, -0.1) is 0 Å². The third-order valence-electron chi connectivity index (χ3n) is 3.81. The fourth-order valence-electron chi connectivity index (χ4n) is 2.51. The van der Waals surface area contributed by atoms with E-state index in [-0.39, 0.29) is 5.91 Å². The summed E-state index contributed by atoms with van der Waals surface area (Å²) in [5.41, 5.74) is 2.15. The van der Waals surface area contributed by atoms with E-state index in [1.807, 2.05) is 42.5 Å². The van der Waals surface area contributed by atoms with Crippen molar-refractivity contribution in [3.63, 3.8) is 0 Å². The van der Waals surface area contributed by atoms with Gasteiger partial charge in [-0.2, -0.15) is 0 Å². The van der Waals surface area contributed by atoms with Gasteiger partial charge >= 0.3 is 0 Å². The predicted octanol–water partition coefficient (Wildman–Crippen LogP) is 3.20. The molecule has 0 radical (unpaired) electrons. The number of para-hydroxylation sites is 2. The zero-order valence-corrected chi connectivity index (χ0v) is 14.5. The van der Waals surface area contributed by atoms with Crippen molar-refractivity contribution in [3.05, 3.63) is 78.2 Å². The SMILES string of the molecule is COc1ccccc1Nc1ncccc1C(=O)NCCc1ccccn1. The minimum Gasteiger partial charge on any atom is -0.495 e. The number of nitrogens with zero attached hydrogens (tertiary/aromatic N) is 2.